The second-order valence-corrected chi connectivity index (χ2v) is 15.4. The maximum Gasteiger partial charge on any atom is 0.308 e. The molecule has 0 aliphatic carbocycles. The molecule has 1 N–H and O–H groups in total. The summed E-state index contributed by atoms with van der Waals surface area (Å²) in [5, 5.41) is 10.7. The Balaban J connectivity index is 3.07. The van der Waals surface area contributed by atoms with Gasteiger partial charge in [0.05, 0.1) is 19.6 Å². The molecule has 0 spiro atoms. The predicted molar refractivity (Wildman–Crippen MR) is 147 cm³/mol. The van der Waals surface area contributed by atoms with Gasteiger partial charge in [-0.15, -0.1) is 5.92 Å². The van der Waals surface area contributed by atoms with Crippen molar-refractivity contribution >= 4 is 14.3 Å². The molecule has 36 heavy (non-hydrogen) atoms. The molecule has 0 fully saturated rings. The summed E-state index contributed by atoms with van der Waals surface area (Å²) >= 11 is 0. The minimum atomic E-state index is -2.16. The lowest BCUT2D eigenvalue weighted by Gasteiger charge is -2.39. The second kappa shape index (κ2) is 15.3. The zero-order valence-corrected chi connectivity index (χ0v) is 24.6. The first kappa shape index (κ1) is 32.1. The highest BCUT2D eigenvalue weighted by molar-refractivity contribution is 6.74. The van der Waals surface area contributed by atoms with Gasteiger partial charge in [-0.2, -0.15) is 0 Å². The van der Waals surface area contributed by atoms with Crippen molar-refractivity contribution < 1.29 is 28.5 Å². The third kappa shape index (κ3) is 11.0. The SMILES string of the molecule is COC(=O)C[C@H](/C=C(\C)[C@@H](C[C@H](O)C#CCCc1ccccc1)C(OC)OC)O[Si](C)(C)C(C)(C)C. The summed E-state index contributed by atoms with van der Waals surface area (Å²) < 4.78 is 22.6. The largest absolute Gasteiger partial charge is 0.469 e. The van der Waals surface area contributed by atoms with Crippen molar-refractivity contribution in [1.82, 2.24) is 0 Å². The van der Waals surface area contributed by atoms with E-state index in [0.29, 0.717) is 12.8 Å². The van der Waals surface area contributed by atoms with Crippen LogP contribution >= 0.6 is 0 Å². The molecule has 0 radical (unpaired) electrons. The fourth-order valence-electron chi connectivity index (χ4n) is 3.63. The van der Waals surface area contributed by atoms with E-state index in [0.717, 1.165) is 12.0 Å². The lowest BCUT2D eigenvalue weighted by Crippen LogP contribution is -2.44. The van der Waals surface area contributed by atoms with Crippen LogP contribution < -0.4 is 0 Å². The molecule has 6 nitrogen and oxygen atoms in total. The molecule has 7 heteroatoms. The van der Waals surface area contributed by atoms with Crippen LogP contribution in [-0.4, -0.2) is 59.2 Å². The summed E-state index contributed by atoms with van der Waals surface area (Å²) in [6, 6.07) is 10.1. The maximum absolute atomic E-state index is 12.2. The number of aliphatic hydroxyl groups excluding tert-OH is 1. The average molecular weight is 519 g/mol. The van der Waals surface area contributed by atoms with Gasteiger partial charge in [-0.3, -0.25) is 4.79 Å². The molecule has 1 aromatic carbocycles. The highest BCUT2D eigenvalue weighted by atomic mass is 28.4. The number of esters is 1. The summed E-state index contributed by atoms with van der Waals surface area (Å²) in [5.41, 5.74) is 2.12. The standard InChI is InChI=1S/C29H46O6Si/c1-22(19-25(21-27(31)32-5)35-36(8,9)29(2,3)4)26(28(33-6)34-7)20-24(30)18-14-13-17-23-15-11-10-12-16-23/h10-12,15-16,19,24-26,28,30H,13,17,20-21H2,1-9H3/b22-19+/t24-,25+,26-/m1/s1. The van der Waals surface area contributed by atoms with E-state index < -0.39 is 26.8 Å². The third-order valence-electron chi connectivity index (χ3n) is 6.80. The first-order valence-electron chi connectivity index (χ1n) is 12.5. The monoisotopic (exact) mass is 518 g/mol. The molecule has 0 aliphatic heterocycles. The Kier molecular flexibility index (Phi) is 13.7. The van der Waals surface area contributed by atoms with Gasteiger partial charge < -0.3 is 23.7 Å². The number of aliphatic hydroxyl groups is 1. The van der Waals surface area contributed by atoms with Gasteiger partial charge in [-0.05, 0) is 43.5 Å². The topological polar surface area (TPSA) is 74.2 Å². The molecular weight excluding hydrogens is 472 g/mol. The molecular formula is C29H46O6Si. The zero-order valence-electron chi connectivity index (χ0n) is 23.6. The van der Waals surface area contributed by atoms with Crippen molar-refractivity contribution in [3.05, 3.63) is 47.5 Å². The second-order valence-electron chi connectivity index (χ2n) is 10.6. The van der Waals surface area contributed by atoms with Crippen LogP contribution in [-0.2, 0) is 29.9 Å². The molecule has 0 saturated carbocycles. The summed E-state index contributed by atoms with van der Waals surface area (Å²) in [4.78, 5) is 12.2. The van der Waals surface area contributed by atoms with Crippen molar-refractivity contribution in [2.24, 2.45) is 5.92 Å². The highest BCUT2D eigenvalue weighted by Gasteiger charge is 2.39. The molecule has 1 aromatic rings. The van der Waals surface area contributed by atoms with Gasteiger partial charge in [0.25, 0.3) is 0 Å². The first-order chi connectivity index (χ1) is 16.8. The van der Waals surface area contributed by atoms with Gasteiger partial charge in [0.15, 0.2) is 14.6 Å². The fraction of sp³-hybridized carbons (Fsp3) is 0.621. The highest BCUT2D eigenvalue weighted by Crippen LogP contribution is 2.38. The van der Waals surface area contributed by atoms with Crippen LogP contribution in [0.5, 0.6) is 0 Å². The normalized spacial score (nSPS) is 15.1. The number of aryl methyl sites for hydroxylation is 1. The van der Waals surface area contributed by atoms with Gasteiger partial charge >= 0.3 is 5.97 Å². The van der Waals surface area contributed by atoms with Crippen LogP contribution in [0.25, 0.3) is 0 Å². The molecule has 0 bridgehead atoms. The number of hydrogen-bond donors (Lipinski definition) is 1. The smallest absolute Gasteiger partial charge is 0.308 e. The lowest BCUT2D eigenvalue weighted by molar-refractivity contribution is -0.142. The Morgan fingerprint density at radius 3 is 2.25 bits per heavy atom. The van der Waals surface area contributed by atoms with E-state index in [9.17, 15) is 9.90 Å². The molecule has 202 valence electrons. The quantitative estimate of drug-likeness (QED) is 0.122. The fourth-order valence-corrected chi connectivity index (χ4v) is 4.89. The number of benzene rings is 1. The Morgan fingerprint density at radius 1 is 1.11 bits per heavy atom. The zero-order chi connectivity index (χ0) is 27.4. The van der Waals surface area contributed by atoms with Crippen LogP contribution in [0.4, 0.5) is 0 Å². The Labute approximate surface area is 219 Å². The Morgan fingerprint density at radius 2 is 1.72 bits per heavy atom. The molecule has 0 heterocycles. The molecule has 0 aliphatic rings. The summed E-state index contributed by atoms with van der Waals surface area (Å²) in [5.74, 6) is 5.45. The molecule has 0 saturated heterocycles. The molecule has 1 rings (SSSR count). The number of methoxy groups -OCH3 is 3. The third-order valence-corrected chi connectivity index (χ3v) is 11.3. The number of ether oxygens (including phenoxy) is 3. The van der Waals surface area contributed by atoms with Gasteiger partial charge in [-0.25, -0.2) is 0 Å². The van der Waals surface area contributed by atoms with Crippen molar-refractivity contribution in [1.29, 1.82) is 0 Å². The van der Waals surface area contributed by atoms with Crippen LogP contribution in [0.1, 0.15) is 52.5 Å². The van der Waals surface area contributed by atoms with E-state index in [-0.39, 0.29) is 23.3 Å². The van der Waals surface area contributed by atoms with E-state index in [1.165, 1.54) is 12.7 Å². The van der Waals surface area contributed by atoms with E-state index in [2.05, 4.69) is 57.8 Å². The Hall–Kier alpha value is -1.95. The van der Waals surface area contributed by atoms with E-state index in [1.54, 1.807) is 14.2 Å². The summed E-state index contributed by atoms with van der Waals surface area (Å²) in [6.45, 7) is 12.7. The molecule has 0 unspecified atom stereocenters. The minimum absolute atomic E-state index is 0.0182. The number of carbonyl (C=O) groups is 1. The molecule has 0 aromatic heterocycles. The van der Waals surface area contributed by atoms with E-state index >= 15 is 0 Å². The van der Waals surface area contributed by atoms with Crippen LogP contribution in [0, 0.1) is 17.8 Å². The van der Waals surface area contributed by atoms with E-state index in [4.69, 9.17) is 18.6 Å². The lowest BCUT2D eigenvalue weighted by atomic mass is 9.91. The van der Waals surface area contributed by atoms with Crippen LogP contribution in [0.15, 0.2) is 42.0 Å². The minimum Gasteiger partial charge on any atom is -0.469 e. The number of carbonyl (C=O) groups excluding carboxylic acids is 1. The number of hydrogen-bond acceptors (Lipinski definition) is 6. The van der Waals surface area contributed by atoms with Crippen molar-refractivity contribution in [2.75, 3.05) is 21.3 Å². The summed E-state index contributed by atoms with van der Waals surface area (Å²) in [6.07, 6.45) is 2.02. The van der Waals surface area contributed by atoms with Gasteiger partial charge in [0, 0.05) is 26.6 Å². The van der Waals surface area contributed by atoms with Crippen LogP contribution in [0.2, 0.25) is 18.1 Å². The van der Waals surface area contributed by atoms with Crippen molar-refractivity contribution in [3.8, 4) is 11.8 Å². The van der Waals surface area contributed by atoms with E-state index in [1.807, 2.05) is 31.2 Å². The Bertz CT molecular complexity index is 875. The van der Waals surface area contributed by atoms with Crippen molar-refractivity contribution in [3.63, 3.8) is 0 Å². The van der Waals surface area contributed by atoms with Crippen molar-refractivity contribution in [2.45, 2.75) is 90.0 Å². The average Bonchev–Trinajstić information content (AvgIpc) is 2.81. The van der Waals surface area contributed by atoms with Gasteiger partial charge in [-0.1, -0.05) is 68.7 Å². The van der Waals surface area contributed by atoms with Crippen LogP contribution in [0.3, 0.4) is 0 Å². The van der Waals surface area contributed by atoms with Gasteiger partial charge in [0.1, 0.15) is 6.10 Å². The molecule has 3 atom stereocenters. The first-order valence-corrected chi connectivity index (χ1v) is 15.4. The predicted octanol–water partition coefficient (Wildman–Crippen LogP) is 5.51. The molecule has 0 amide bonds. The maximum atomic E-state index is 12.2. The summed E-state index contributed by atoms with van der Waals surface area (Å²) in [7, 11) is 2.36. The number of rotatable bonds is 13. The van der Waals surface area contributed by atoms with Gasteiger partial charge in [0.2, 0.25) is 0 Å².